The number of aryl methyl sites for hydroxylation is 1. The Hall–Kier alpha value is -11.1. The van der Waals surface area contributed by atoms with Crippen molar-refractivity contribution >= 4 is 60.3 Å². The van der Waals surface area contributed by atoms with E-state index in [1.54, 1.807) is 20.8 Å². The Morgan fingerprint density at radius 1 is 0.385 bits per heavy atom. The number of hydrogen-bond acceptors (Lipinski definition) is 23. The Morgan fingerprint density at radius 3 is 0.877 bits per heavy atom. The molecular weight excluding hydrogens is 1800 g/mol. The number of nitrogens with zero attached hydrogens (tertiary/aromatic N) is 6. The molecule has 0 spiro atoms. The first-order valence-electron chi connectivity index (χ1n) is 33.4. The summed E-state index contributed by atoms with van der Waals surface area (Å²) < 4.78 is 353. The zero-order valence-corrected chi connectivity index (χ0v) is 64.5. The molecule has 0 aliphatic carbocycles. The number of rotatable bonds is 23. The van der Waals surface area contributed by atoms with Gasteiger partial charge in [-0.1, -0.05) is 15.9 Å². The molecule has 0 unspecified atom stereocenters. The van der Waals surface area contributed by atoms with Crippen LogP contribution in [0.3, 0.4) is 0 Å². The predicted octanol–water partition coefficient (Wildman–Crippen LogP) is 21.1. The van der Waals surface area contributed by atoms with Gasteiger partial charge in [-0.15, -0.1) is 0 Å². The van der Waals surface area contributed by atoms with Crippen molar-refractivity contribution in [2.75, 3.05) is 39.6 Å². The molecule has 0 bridgehead atoms. The molecule has 0 aliphatic heterocycles. The number of hydrogen-bond donors (Lipinski definition) is 3. The fourth-order valence-electron chi connectivity index (χ4n) is 9.04. The number of esters is 3. The van der Waals surface area contributed by atoms with Crippen LogP contribution >= 0.6 is 28.7 Å². The molecule has 10 aromatic rings. The van der Waals surface area contributed by atoms with Crippen LogP contribution in [0.4, 0.5) is 105 Å². The molecule has 0 amide bonds. The summed E-state index contributed by atoms with van der Waals surface area (Å²) in [5.41, 5.74) is -3.33. The number of ether oxygens (including phenoxy) is 6. The molecule has 0 saturated heterocycles. The van der Waals surface area contributed by atoms with Crippen molar-refractivity contribution in [1.29, 1.82) is 0 Å². The molecule has 0 fully saturated rings. The van der Waals surface area contributed by atoms with Crippen LogP contribution in [0.2, 0.25) is 0 Å². The molecule has 0 saturated carbocycles. The van der Waals surface area contributed by atoms with E-state index >= 15 is 0 Å². The van der Waals surface area contributed by atoms with Crippen molar-refractivity contribution in [2.45, 2.75) is 109 Å². The molecule has 2 N–H and O–H groups in total. The van der Waals surface area contributed by atoms with Gasteiger partial charge in [-0.05, 0) is 149 Å². The maximum atomic E-state index is 12.6. The first-order chi connectivity index (χ1) is 56.7. The second-order valence-corrected chi connectivity index (χ2v) is 24.1. The molecule has 5 aromatic carbocycles. The summed E-state index contributed by atoms with van der Waals surface area (Å²) in [6.07, 6.45) is -36.1. The Labute approximate surface area is 684 Å². The SMILES string of the molecule is CCOC(=O)c1oc(-c2ccc(C(F)(F)F)cc2)nc1C.CCOC(=O)c1oc(-c2ccc(C(F)(F)F)cc2)nc1CBr.CCOC(=O)c1oc(-c2ccc(C(F)(F)F)cc2)nc1COCC(F)(F)F.O=C(O)c1oc(-c2ccc(C(F)(F)F)cc2)nc1COCC(F)(F)F.OCc1oc(-c2ccc(C(F)(F)F)cc2)nc1COCC(F)(F)F.[B]=NS. The summed E-state index contributed by atoms with van der Waals surface area (Å²) in [6, 6.07) is 19.7. The summed E-state index contributed by atoms with van der Waals surface area (Å²) in [7, 11) is 4.34. The van der Waals surface area contributed by atoms with E-state index in [2.05, 4.69) is 79.8 Å². The summed E-state index contributed by atoms with van der Waals surface area (Å²) in [5.74, 6) is -5.95. The minimum absolute atomic E-state index is 0.0255. The molecule has 1 radical (unpaired) electrons. The molecule has 5 aromatic heterocycles. The topological polar surface area (TPSA) is 307 Å². The average molecular weight is 1860 g/mol. The molecular formula is C72H57BBrF24N6O17S. The number of carbonyl (C=O) groups excluding carboxylic acids is 3. The van der Waals surface area contributed by atoms with Gasteiger partial charge in [0.15, 0.2) is 5.76 Å². The standard InChI is InChI=1S/C16H13F6NO4.C14H11BrF3NO3.C14H9F6NO4.C14H11F6NO3.C14H12F3NO3.BHNS/c1-2-26-14(24)12-11(7-25-8-15(17,18)19)23-13(27-12)9-3-5-10(6-4-9)16(20,21)22;1-2-21-13(20)11-10(7-15)19-12(22-11)8-3-5-9(6-4-8)14(16,17)18;15-13(16,17)6-24-5-9-10(12(22)23)25-11(21-9)7-1-3-8(4-2-7)14(18,19)20;15-13(16,17)7-23-6-10-11(5-22)24-12(21-10)8-1-3-9(4-2-8)14(18,19)20;1-3-20-13(19)11-8(2)18-12(21-11)9-4-6-10(7-5-9)14(15,16)17;1-2-3/h3-6H,2,7-8H2,1H3;3-6H,2,7H2,1H3;1-4H,5-6H2,(H,22,23);1-4,22H,5-7H2;4-7H,3H2,1-2H3;3H. The monoisotopic (exact) mass is 1860 g/mol. The maximum absolute atomic E-state index is 12.6. The normalized spacial score (nSPS) is 11.9. The van der Waals surface area contributed by atoms with Crippen molar-refractivity contribution in [3.63, 3.8) is 0 Å². The number of aromatic carboxylic acids is 1. The first kappa shape index (κ1) is 101. The van der Waals surface area contributed by atoms with E-state index in [1.807, 2.05) is 0 Å². The van der Waals surface area contributed by atoms with Crippen molar-refractivity contribution in [3.05, 3.63) is 206 Å². The van der Waals surface area contributed by atoms with Gasteiger partial charge in [0.25, 0.3) is 0 Å². The van der Waals surface area contributed by atoms with E-state index < -0.39 is 165 Å². The fraction of sp³-hybridized carbons (Fsp3) is 0.319. The van der Waals surface area contributed by atoms with Crippen LogP contribution in [0.1, 0.15) is 125 Å². The molecule has 661 valence electrons. The van der Waals surface area contributed by atoms with E-state index in [4.69, 9.17) is 46.5 Å². The molecule has 23 nitrogen and oxygen atoms in total. The summed E-state index contributed by atoms with van der Waals surface area (Å²) in [5, 5.41) is 18.4. The van der Waals surface area contributed by atoms with Crippen molar-refractivity contribution < 1.29 is 185 Å². The predicted molar refractivity (Wildman–Crippen MR) is 377 cm³/mol. The third-order valence-corrected chi connectivity index (χ3v) is 14.9. The van der Waals surface area contributed by atoms with E-state index in [9.17, 15) is 125 Å². The van der Waals surface area contributed by atoms with Gasteiger partial charge in [0.1, 0.15) is 49.2 Å². The third-order valence-electron chi connectivity index (χ3n) is 14.3. The van der Waals surface area contributed by atoms with Crippen molar-refractivity contribution in [3.8, 4) is 57.3 Å². The number of carboxylic acids is 1. The summed E-state index contributed by atoms with van der Waals surface area (Å²) in [4.78, 5) is 65.8. The van der Waals surface area contributed by atoms with Gasteiger partial charge < -0.3 is 60.7 Å². The average Bonchev–Trinajstić information content (AvgIpc) is 1.68. The van der Waals surface area contributed by atoms with Crippen LogP contribution in [0, 0.1) is 6.92 Å². The van der Waals surface area contributed by atoms with Crippen LogP contribution in [0.5, 0.6) is 0 Å². The zero-order chi connectivity index (χ0) is 91.7. The van der Waals surface area contributed by atoms with Gasteiger partial charge in [0, 0.05) is 33.1 Å². The van der Waals surface area contributed by atoms with E-state index in [-0.39, 0.29) is 100.0 Å². The number of halogens is 25. The van der Waals surface area contributed by atoms with Crippen molar-refractivity contribution in [1.82, 2.24) is 24.9 Å². The van der Waals surface area contributed by atoms with E-state index in [0.717, 1.165) is 97.1 Å². The number of alkyl halides is 25. The molecule has 50 heteroatoms. The van der Waals surface area contributed by atoms with Gasteiger partial charge in [-0.2, -0.15) is 105 Å². The minimum atomic E-state index is -4.61. The second kappa shape index (κ2) is 44.1. The van der Waals surface area contributed by atoms with Crippen LogP contribution in [0.25, 0.3) is 57.3 Å². The number of carboxylic acid groups (broad SMARTS) is 1. The Balaban J connectivity index is 0.000000269. The van der Waals surface area contributed by atoms with Crippen LogP contribution in [-0.4, -0.2) is 125 Å². The number of aromatic nitrogens is 5. The number of oxazole rings is 5. The summed E-state index contributed by atoms with van der Waals surface area (Å²) in [6.45, 7) is -0.662. The number of thiol groups is 1. The first-order valence-corrected chi connectivity index (χ1v) is 34.9. The van der Waals surface area contributed by atoms with Crippen LogP contribution in [-0.2, 0) is 91.1 Å². The van der Waals surface area contributed by atoms with Gasteiger partial charge in [-0.25, -0.2) is 44.1 Å². The van der Waals surface area contributed by atoms with Crippen LogP contribution < -0.4 is 0 Å². The Morgan fingerprint density at radius 2 is 0.615 bits per heavy atom. The number of aliphatic hydroxyl groups is 1. The second-order valence-electron chi connectivity index (χ2n) is 23.3. The Bertz CT molecular complexity index is 5020. The van der Waals surface area contributed by atoms with Gasteiger partial charge >= 0.3 is 98.0 Å². The van der Waals surface area contributed by atoms with Crippen molar-refractivity contribution in [2.24, 2.45) is 4.30 Å². The molecule has 5 heterocycles. The van der Waals surface area contributed by atoms with E-state index in [0.29, 0.717) is 22.5 Å². The third kappa shape index (κ3) is 32.0. The fourth-order valence-corrected chi connectivity index (χ4v) is 9.42. The number of carbonyl (C=O) groups is 4. The quantitative estimate of drug-likeness (QED) is 0.0134. The van der Waals surface area contributed by atoms with Gasteiger partial charge in [-0.3, -0.25) is 0 Å². The van der Waals surface area contributed by atoms with Gasteiger partial charge in [0.05, 0.1) is 73.2 Å². The Kier molecular flexibility index (Phi) is 36.7. The van der Waals surface area contributed by atoms with Gasteiger partial charge in [0.2, 0.25) is 52.5 Å². The molecule has 0 aliphatic rings. The molecule has 10 rings (SSSR count). The molecule has 122 heavy (non-hydrogen) atoms. The summed E-state index contributed by atoms with van der Waals surface area (Å²) >= 11 is 6.36. The van der Waals surface area contributed by atoms with Crippen LogP contribution in [0.15, 0.2) is 148 Å². The van der Waals surface area contributed by atoms with E-state index in [1.165, 1.54) is 31.2 Å². The number of benzene rings is 5. The molecule has 0 atom stereocenters. The number of aliphatic hydroxyl groups excluding tert-OH is 1. The zero-order valence-electron chi connectivity index (χ0n) is 62.0.